The van der Waals surface area contributed by atoms with Crippen LogP contribution in [0.3, 0.4) is 0 Å². The fraction of sp³-hybridized carbons (Fsp3) is 0.643. The summed E-state index contributed by atoms with van der Waals surface area (Å²) in [6.07, 6.45) is 10.1. The third kappa shape index (κ3) is 3.89. The maximum atomic E-state index is 10.3. The first-order valence-electron chi connectivity index (χ1n) is 7.53. The van der Waals surface area contributed by atoms with E-state index in [4.69, 9.17) is 0 Å². The second-order valence-electron chi connectivity index (χ2n) is 5.64. The standard InChI is InChI=1S/C14H22N6O/c21-14(10-19-7-3-5-16-19)9-18-6-2-1-4-13(18)8-20-12-15-11-17-20/h3,5,7,11-14,21H,1-2,4,6,8-10H2. The summed E-state index contributed by atoms with van der Waals surface area (Å²) in [4.78, 5) is 6.37. The molecule has 1 N–H and O–H groups in total. The highest BCUT2D eigenvalue weighted by Crippen LogP contribution is 2.18. The zero-order chi connectivity index (χ0) is 14.5. The summed E-state index contributed by atoms with van der Waals surface area (Å²) in [5.41, 5.74) is 0. The highest BCUT2D eigenvalue weighted by atomic mass is 16.3. The average Bonchev–Trinajstić information content (AvgIpc) is 3.14. The molecule has 0 aliphatic carbocycles. The molecule has 21 heavy (non-hydrogen) atoms. The van der Waals surface area contributed by atoms with E-state index in [1.165, 1.54) is 12.8 Å². The SMILES string of the molecule is OC(CN1CCCCC1Cn1cncn1)Cn1cccn1. The molecule has 2 unspecified atom stereocenters. The first kappa shape index (κ1) is 14.2. The van der Waals surface area contributed by atoms with Gasteiger partial charge in [-0.05, 0) is 25.5 Å². The second-order valence-corrected chi connectivity index (χ2v) is 5.64. The van der Waals surface area contributed by atoms with Gasteiger partial charge in [-0.15, -0.1) is 0 Å². The van der Waals surface area contributed by atoms with Crippen molar-refractivity contribution in [3.05, 3.63) is 31.1 Å². The van der Waals surface area contributed by atoms with E-state index in [9.17, 15) is 5.11 Å². The Labute approximate surface area is 124 Å². The number of β-amino-alcohol motifs (C(OH)–C–C–N with tert-alkyl or cyclic N) is 1. The Hall–Kier alpha value is -1.73. The van der Waals surface area contributed by atoms with Gasteiger partial charge in [0, 0.05) is 25.0 Å². The third-order valence-electron chi connectivity index (χ3n) is 4.02. The van der Waals surface area contributed by atoms with E-state index in [-0.39, 0.29) is 0 Å². The van der Waals surface area contributed by atoms with Crippen molar-refractivity contribution >= 4 is 0 Å². The first-order chi connectivity index (χ1) is 10.3. The van der Waals surface area contributed by atoms with E-state index >= 15 is 0 Å². The van der Waals surface area contributed by atoms with Crippen LogP contribution in [0.25, 0.3) is 0 Å². The van der Waals surface area contributed by atoms with Crippen molar-refractivity contribution in [2.24, 2.45) is 0 Å². The van der Waals surface area contributed by atoms with E-state index in [1.807, 2.05) is 16.9 Å². The minimum atomic E-state index is -0.402. The molecule has 1 fully saturated rings. The van der Waals surface area contributed by atoms with Crippen LogP contribution in [-0.4, -0.2) is 59.8 Å². The highest BCUT2D eigenvalue weighted by Gasteiger charge is 2.25. The van der Waals surface area contributed by atoms with E-state index in [2.05, 4.69) is 20.1 Å². The molecule has 2 atom stereocenters. The summed E-state index contributed by atoms with van der Waals surface area (Å²) in [7, 11) is 0. The van der Waals surface area contributed by atoms with E-state index < -0.39 is 6.10 Å². The maximum absolute atomic E-state index is 10.3. The molecule has 3 heterocycles. The molecule has 0 amide bonds. The van der Waals surface area contributed by atoms with Gasteiger partial charge in [-0.3, -0.25) is 14.3 Å². The van der Waals surface area contributed by atoms with Gasteiger partial charge >= 0.3 is 0 Å². The Balaban J connectivity index is 1.56. The summed E-state index contributed by atoms with van der Waals surface area (Å²) in [6.45, 7) is 3.10. The molecule has 0 saturated carbocycles. The Morgan fingerprint density at radius 2 is 2.14 bits per heavy atom. The number of hydrogen-bond acceptors (Lipinski definition) is 5. The van der Waals surface area contributed by atoms with Crippen LogP contribution in [0.4, 0.5) is 0 Å². The number of likely N-dealkylation sites (tertiary alicyclic amines) is 1. The minimum Gasteiger partial charge on any atom is -0.390 e. The van der Waals surface area contributed by atoms with Gasteiger partial charge < -0.3 is 5.11 Å². The quantitative estimate of drug-likeness (QED) is 0.833. The third-order valence-corrected chi connectivity index (χ3v) is 4.02. The molecule has 2 aromatic rings. The lowest BCUT2D eigenvalue weighted by molar-refractivity contribution is 0.0496. The number of nitrogens with zero attached hydrogens (tertiary/aromatic N) is 6. The first-order valence-corrected chi connectivity index (χ1v) is 7.53. The van der Waals surface area contributed by atoms with Crippen molar-refractivity contribution in [3.63, 3.8) is 0 Å². The van der Waals surface area contributed by atoms with E-state index in [1.54, 1.807) is 23.5 Å². The number of aromatic nitrogens is 5. The fourth-order valence-corrected chi connectivity index (χ4v) is 3.00. The van der Waals surface area contributed by atoms with Crippen LogP contribution < -0.4 is 0 Å². The molecule has 0 spiro atoms. The van der Waals surface area contributed by atoms with Crippen molar-refractivity contribution in [3.8, 4) is 0 Å². The van der Waals surface area contributed by atoms with Gasteiger partial charge in [0.25, 0.3) is 0 Å². The Morgan fingerprint density at radius 3 is 2.90 bits per heavy atom. The van der Waals surface area contributed by atoms with Gasteiger partial charge in [0.15, 0.2) is 0 Å². The molecule has 1 saturated heterocycles. The van der Waals surface area contributed by atoms with Crippen molar-refractivity contribution < 1.29 is 5.11 Å². The number of aliphatic hydroxyl groups excluding tert-OH is 1. The lowest BCUT2D eigenvalue weighted by atomic mass is 10.0. The fourth-order valence-electron chi connectivity index (χ4n) is 3.00. The van der Waals surface area contributed by atoms with Crippen LogP contribution in [0.2, 0.25) is 0 Å². The number of hydrogen-bond donors (Lipinski definition) is 1. The summed E-state index contributed by atoms with van der Waals surface area (Å²) in [5.74, 6) is 0. The molecular weight excluding hydrogens is 268 g/mol. The largest absolute Gasteiger partial charge is 0.390 e. The van der Waals surface area contributed by atoms with Crippen LogP contribution >= 0.6 is 0 Å². The number of rotatable bonds is 6. The van der Waals surface area contributed by atoms with Crippen LogP contribution in [0.15, 0.2) is 31.1 Å². The molecule has 2 aromatic heterocycles. The zero-order valence-corrected chi connectivity index (χ0v) is 12.1. The monoisotopic (exact) mass is 290 g/mol. The Morgan fingerprint density at radius 1 is 1.19 bits per heavy atom. The molecule has 0 aromatic carbocycles. The van der Waals surface area contributed by atoms with Gasteiger partial charge in [-0.1, -0.05) is 6.42 Å². The molecule has 0 bridgehead atoms. The number of piperidine rings is 1. The predicted molar refractivity (Wildman–Crippen MR) is 77.5 cm³/mol. The van der Waals surface area contributed by atoms with Crippen molar-refractivity contribution in [1.29, 1.82) is 0 Å². The normalized spacial score (nSPS) is 21.5. The summed E-state index contributed by atoms with van der Waals surface area (Å²) in [6, 6.07) is 2.30. The van der Waals surface area contributed by atoms with Crippen molar-refractivity contribution in [2.75, 3.05) is 13.1 Å². The minimum absolute atomic E-state index is 0.402. The van der Waals surface area contributed by atoms with Gasteiger partial charge in [0.05, 0.1) is 19.2 Å². The molecule has 3 rings (SSSR count). The summed E-state index contributed by atoms with van der Waals surface area (Å²) >= 11 is 0. The Bertz CT molecular complexity index is 512. The van der Waals surface area contributed by atoms with Crippen molar-refractivity contribution in [1.82, 2.24) is 29.4 Å². The predicted octanol–water partition coefficient (Wildman–Crippen LogP) is 0.390. The van der Waals surface area contributed by atoms with Gasteiger partial charge in [-0.2, -0.15) is 10.2 Å². The van der Waals surface area contributed by atoms with E-state index in [0.29, 0.717) is 19.1 Å². The van der Waals surface area contributed by atoms with Crippen LogP contribution in [-0.2, 0) is 13.1 Å². The Kier molecular flexibility index (Phi) is 4.62. The number of aliphatic hydroxyl groups is 1. The summed E-state index contributed by atoms with van der Waals surface area (Å²) in [5, 5.41) is 18.6. The molecule has 1 aliphatic heterocycles. The smallest absolute Gasteiger partial charge is 0.137 e. The lowest BCUT2D eigenvalue weighted by Crippen LogP contribution is -2.46. The highest BCUT2D eigenvalue weighted by molar-refractivity contribution is 4.82. The molecule has 0 radical (unpaired) electrons. The molecule has 7 heteroatoms. The summed E-state index contributed by atoms with van der Waals surface area (Å²) < 4.78 is 3.66. The van der Waals surface area contributed by atoms with Crippen molar-refractivity contribution in [2.45, 2.75) is 44.5 Å². The molecular formula is C14H22N6O. The molecule has 114 valence electrons. The second kappa shape index (κ2) is 6.82. The average molecular weight is 290 g/mol. The molecule has 7 nitrogen and oxygen atoms in total. The lowest BCUT2D eigenvalue weighted by Gasteiger charge is -2.36. The van der Waals surface area contributed by atoms with Gasteiger partial charge in [0.2, 0.25) is 0 Å². The van der Waals surface area contributed by atoms with Crippen LogP contribution in [0.5, 0.6) is 0 Å². The van der Waals surface area contributed by atoms with Crippen LogP contribution in [0.1, 0.15) is 19.3 Å². The van der Waals surface area contributed by atoms with Gasteiger partial charge in [-0.25, -0.2) is 4.98 Å². The van der Waals surface area contributed by atoms with Gasteiger partial charge in [0.1, 0.15) is 12.7 Å². The maximum Gasteiger partial charge on any atom is 0.137 e. The van der Waals surface area contributed by atoms with Crippen LogP contribution in [0, 0.1) is 0 Å². The zero-order valence-electron chi connectivity index (χ0n) is 12.1. The topological polar surface area (TPSA) is 72.0 Å². The molecule has 1 aliphatic rings. The van der Waals surface area contributed by atoms with E-state index in [0.717, 1.165) is 19.5 Å².